The number of nitrogens with zero attached hydrogens (tertiary/aromatic N) is 3. The van der Waals surface area contributed by atoms with Gasteiger partial charge < -0.3 is 10.4 Å². The van der Waals surface area contributed by atoms with E-state index >= 15 is 0 Å². The van der Waals surface area contributed by atoms with Crippen LogP contribution >= 0.6 is 23.2 Å². The third-order valence-electron chi connectivity index (χ3n) is 1.70. The van der Waals surface area contributed by atoms with Crippen molar-refractivity contribution in [1.29, 1.82) is 0 Å². The fourth-order valence-corrected chi connectivity index (χ4v) is 1.41. The van der Waals surface area contributed by atoms with Gasteiger partial charge in [-0.15, -0.1) is 0 Å². The number of halogens is 2. The van der Waals surface area contributed by atoms with Crippen LogP contribution in [-0.2, 0) is 0 Å². The van der Waals surface area contributed by atoms with Gasteiger partial charge in [0.2, 0.25) is 16.5 Å². The second kappa shape index (κ2) is 6.05. The quantitative estimate of drug-likeness (QED) is 0.834. The molecule has 0 amide bonds. The molecule has 1 unspecified atom stereocenters. The Kier molecular flexibility index (Phi) is 5.01. The van der Waals surface area contributed by atoms with E-state index in [4.69, 9.17) is 23.2 Å². The SMILES string of the molecule is CCCC(O)CNc1nc(Cl)nc(Cl)n1. The molecule has 0 radical (unpaired) electrons. The minimum Gasteiger partial charge on any atom is -0.391 e. The molecule has 0 fully saturated rings. The van der Waals surface area contributed by atoms with Gasteiger partial charge in [-0.05, 0) is 29.6 Å². The van der Waals surface area contributed by atoms with Crippen LogP contribution in [0.25, 0.3) is 0 Å². The van der Waals surface area contributed by atoms with Crippen LogP contribution in [0.15, 0.2) is 0 Å². The molecular weight excluding hydrogens is 239 g/mol. The Labute approximate surface area is 97.9 Å². The molecule has 0 saturated heterocycles. The average Bonchev–Trinajstić information content (AvgIpc) is 2.14. The van der Waals surface area contributed by atoms with Crippen molar-refractivity contribution in [3.05, 3.63) is 10.6 Å². The molecule has 5 nitrogen and oxygen atoms in total. The Hall–Kier alpha value is -0.650. The number of hydrogen-bond donors (Lipinski definition) is 2. The summed E-state index contributed by atoms with van der Waals surface area (Å²) < 4.78 is 0. The minimum atomic E-state index is -0.427. The highest BCUT2D eigenvalue weighted by Gasteiger charge is 2.05. The summed E-state index contributed by atoms with van der Waals surface area (Å²) in [7, 11) is 0. The molecule has 0 aliphatic rings. The largest absolute Gasteiger partial charge is 0.391 e. The lowest BCUT2D eigenvalue weighted by atomic mass is 10.2. The van der Waals surface area contributed by atoms with Gasteiger partial charge in [-0.2, -0.15) is 15.0 Å². The van der Waals surface area contributed by atoms with E-state index in [1.54, 1.807) is 0 Å². The molecule has 7 heteroatoms. The van der Waals surface area contributed by atoms with Crippen LogP contribution in [-0.4, -0.2) is 32.7 Å². The van der Waals surface area contributed by atoms with E-state index in [2.05, 4.69) is 20.3 Å². The maximum absolute atomic E-state index is 9.45. The maximum Gasteiger partial charge on any atom is 0.228 e. The highest BCUT2D eigenvalue weighted by molar-refractivity contribution is 6.31. The molecule has 1 heterocycles. The maximum atomic E-state index is 9.45. The lowest BCUT2D eigenvalue weighted by molar-refractivity contribution is 0.176. The van der Waals surface area contributed by atoms with Crippen LogP contribution < -0.4 is 5.32 Å². The zero-order valence-corrected chi connectivity index (χ0v) is 9.76. The highest BCUT2D eigenvalue weighted by atomic mass is 35.5. The van der Waals surface area contributed by atoms with Gasteiger partial charge in [0.1, 0.15) is 0 Å². The fraction of sp³-hybridized carbons (Fsp3) is 0.625. The molecule has 15 heavy (non-hydrogen) atoms. The third-order valence-corrected chi connectivity index (χ3v) is 2.04. The summed E-state index contributed by atoms with van der Waals surface area (Å²) in [6.07, 6.45) is 1.21. The van der Waals surface area contributed by atoms with Crippen LogP contribution in [0, 0.1) is 0 Å². The molecule has 1 rings (SSSR count). The highest BCUT2D eigenvalue weighted by Crippen LogP contribution is 2.09. The molecule has 84 valence electrons. The monoisotopic (exact) mass is 250 g/mol. The first-order valence-electron chi connectivity index (χ1n) is 4.60. The Morgan fingerprint density at radius 1 is 1.27 bits per heavy atom. The molecule has 0 saturated carbocycles. The lowest BCUT2D eigenvalue weighted by Gasteiger charge is -2.10. The van der Waals surface area contributed by atoms with Gasteiger partial charge in [0, 0.05) is 6.54 Å². The Morgan fingerprint density at radius 3 is 2.40 bits per heavy atom. The van der Waals surface area contributed by atoms with Gasteiger partial charge in [-0.3, -0.25) is 0 Å². The number of aromatic nitrogens is 3. The van der Waals surface area contributed by atoms with E-state index in [0.29, 0.717) is 6.54 Å². The molecule has 1 aromatic heterocycles. The van der Waals surface area contributed by atoms with E-state index in [1.165, 1.54) is 0 Å². The standard InChI is InChI=1S/C8H12Cl2N4O/c1-2-3-5(15)4-11-8-13-6(9)12-7(10)14-8/h5,15H,2-4H2,1H3,(H,11,12,13,14). The summed E-state index contributed by atoms with van der Waals surface area (Å²) in [4.78, 5) is 11.2. The van der Waals surface area contributed by atoms with Crippen molar-refractivity contribution in [2.24, 2.45) is 0 Å². The summed E-state index contributed by atoms with van der Waals surface area (Å²) in [5.74, 6) is 0.273. The van der Waals surface area contributed by atoms with Crippen molar-refractivity contribution in [2.75, 3.05) is 11.9 Å². The van der Waals surface area contributed by atoms with Crippen molar-refractivity contribution in [2.45, 2.75) is 25.9 Å². The summed E-state index contributed by atoms with van der Waals surface area (Å²) in [5, 5.41) is 12.3. The number of aliphatic hydroxyl groups is 1. The lowest BCUT2D eigenvalue weighted by Crippen LogP contribution is -2.20. The van der Waals surface area contributed by atoms with Crippen molar-refractivity contribution in [3.8, 4) is 0 Å². The molecule has 2 N–H and O–H groups in total. The van der Waals surface area contributed by atoms with Crippen LogP contribution in [0.3, 0.4) is 0 Å². The zero-order valence-electron chi connectivity index (χ0n) is 8.24. The number of aliphatic hydroxyl groups excluding tert-OH is 1. The zero-order chi connectivity index (χ0) is 11.3. The Morgan fingerprint density at radius 2 is 1.87 bits per heavy atom. The van der Waals surface area contributed by atoms with Crippen molar-refractivity contribution >= 4 is 29.2 Å². The summed E-state index contributed by atoms with van der Waals surface area (Å²) >= 11 is 11.2. The molecule has 1 aromatic rings. The van der Waals surface area contributed by atoms with Crippen LogP contribution in [0.4, 0.5) is 5.95 Å². The predicted octanol–water partition coefficient (Wildman–Crippen LogP) is 1.75. The molecule has 0 aliphatic heterocycles. The molecule has 0 aromatic carbocycles. The van der Waals surface area contributed by atoms with E-state index in [9.17, 15) is 5.11 Å². The first-order chi connectivity index (χ1) is 7.11. The van der Waals surface area contributed by atoms with Gasteiger partial charge in [0.15, 0.2) is 0 Å². The topological polar surface area (TPSA) is 70.9 Å². The summed E-state index contributed by atoms with van der Waals surface area (Å²) in [6.45, 7) is 2.37. The van der Waals surface area contributed by atoms with Gasteiger partial charge in [0.25, 0.3) is 0 Å². The fourth-order valence-electron chi connectivity index (χ4n) is 1.05. The smallest absolute Gasteiger partial charge is 0.228 e. The second-order valence-electron chi connectivity index (χ2n) is 3.02. The summed E-state index contributed by atoms with van der Waals surface area (Å²) in [5.41, 5.74) is 0. The molecule has 1 atom stereocenters. The Balaban J connectivity index is 2.50. The second-order valence-corrected chi connectivity index (χ2v) is 3.70. The normalized spacial score (nSPS) is 12.5. The van der Waals surface area contributed by atoms with Crippen LogP contribution in [0.1, 0.15) is 19.8 Å². The number of hydrogen-bond acceptors (Lipinski definition) is 5. The van der Waals surface area contributed by atoms with Crippen LogP contribution in [0.5, 0.6) is 0 Å². The first kappa shape index (κ1) is 12.4. The minimum absolute atomic E-state index is 0.0301. The predicted molar refractivity (Wildman–Crippen MR) is 59.3 cm³/mol. The first-order valence-corrected chi connectivity index (χ1v) is 5.36. The van der Waals surface area contributed by atoms with E-state index in [1.807, 2.05) is 6.92 Å². The molecule has 0 bridgehead atoms. The third kappa shape index (κ3) is 4.59. The van der Waals surface area contributed by atoms with E-state index in [0.717, 1.165) is 12.8 Å². The van der Waals surface area contributed by atoms with Gasteiger partial charge >= 0.3 is 0 Å². The van der Waals surface area contributed by atoms with Crippen molar-refractivity contribution in [1.82, 2.24) is 15.0 Å². The van der Waals surface area contributed by atoms with E-state index < -0.39 is 6.10 Å². The van der Waals surface area contributed by atoms with Crippen molar-refractivity contribution < 1.29 is 5.11 Å². The average molecular weight is 251 g/mol. The molecule has 0 spiro atoms. The van der Waals surface area contributed by atoms with Gasteiger partial charge in [-0.1, -0.05) is 13.3 Å². The summed E-state index contributed by atoms with van der Waals surface area (Å²) in [6, 6.07) is 0. The van der Waals surface area contributed by atoms with Crippen molar-refractivity contribution in [3.63, 3.8) is 0 Å². The van der Waals surface area contributed by atoms with E-state index in [-0.39, 0.29) is 16.5 Å². The number of rotatable bonds is 5. The van der Waals surface area contributed by atoms with Crippen LogP contribution in [0.2, 0.25) is 10.6 Å². The molecular formula is C8H12Cl2N4O. The Bertz CT molecular complexity index is 303. The number of anilines is 1. The van der Waals surface area contributed by atoms with Gasteiger partial charge in [0.05, 0.1) is 6.10 Å². The van der Waals surface area contributed by atoms with Gasteiger partial charge in [-0.25, -0.2) is 0 Å². The molecule has 0 aliphatic carbocycles. The number of nitrogens with one attached hydrogen (secondary N) is 1.